The van der Waals surface area contributed by atoms with Crippen LogP contribution in [-0.4, -0.2) is 66.3 Å². The highest BCUT2D eigenvalue weighted by Gasteiger charge is 2.20. The zero-order chi connectivity index (χ0) is 17.4. The second kappa shape index (κ2) is 14.9. The summed E-state index contributed by atoms with van der Waals surface area (Å²) in [5.74, 6) is 0.485. The Morgan fingerprint density at radius 2 is 1.57 bits per heavy atom. The lowest BCUT2D eigenvalue weighted by Gasteiger charge is -2.28. The Morgan fingerprint density at radius 3 is 2.13 bits per heavy atom. The van der Waals surface area contributed by atoms with Crippen LogP contribution in [0.4, 0.5) is 0 Å². The van der Waals surface area contributed by atoms with Gasteiger partial charge in [-0.25, -0.2) is 0 Å². The smallest absolute Gasteiger partial charge is 0.207 e. The van der Waals surface area contributed by atoms with Crippen LogP contribution in [0.3, 0.4) is 0 Å². The molecule has 0 aliphatic carbocycles. The molecule has 0 aliphatic rings. The minimum Gasteiger partial charge on any atom is -0.382 e. The molecular weight excluding hydrogens is 298 g/mol. The van der Waals surface area contributed by atoms with Crippen molar-refractivity contribution in [1.82, 2.24) is 5.32 Å². The minimum atomic E-state index is 0.203. The van der Waals surface area contributed by atoms with Gasteiger partial charge in [-0.15, -0.1) is 0 Å². The van der Waals surface area contributed by atoms with E-state index in [-0.39, 0.29) is 5.41 Å². The van der Waals surface area contributed by atoms with Gasteiger partial charge in [-0.2, -0.15) is 0 Å². The van der Waals surface area contributed by atoms with Crippen molar-refractivity contribution in [3.05, 3.63) is 0 Å². The van der Waals surface area contributed by atoms with Gasteiger partial charge in [0.25, 0.3) is 0 Å². The van der Waals surface area contributed by atoms with Crippen molar-refractivity contribution in [3.8, 4) is 0 Å². The summed E-state index contributed by atoms with van der Waals surface area (Å²) in [6.45, 7) is 11.7. The number of rotatable bonds is 17. The molecule has 0 fully saturated rings. The van der Waals surface area contributed by atoms with E-state index >= 15 is 0 Å². The number of nitrogens with one attached hydrogen (secondary N) is 1. The van der Waals surface area contributed by atoms with E-state index in [0.29, 0.717) is 45.6 Å². The third kappa shape index (κ3) is 16.0. The average Bonchev–Trinajstić information content (AvgIpc) is 2.48. The lowest BCUT2D eigenvalue weighted by molar-refractivity contribution is -0.109. The van der Waals surface area contributed by atoms with Crippen LogP contribution in [-0.2, 0) is 23.7 Å². The molecule has 0 aliphatic heterocycles. The van der Waals surface area contributed by atoms with Crippen molar-refractivity contribution in [3.63, 3.8) is 0 Å². The Bertz CT molecular complexity index is 274. The highest BCUT2D eigenvalue weighted by molar-refractivity contribution is 5.45. The largest absolute Gasteiger partial charge is 0.382 e. The van der Waals surface area contributed by atoms with E-state index in [4.69, 9.17) is 18.9 Å². The van der Waals surface area contributed by atoms with Crippen LogP contribution in [0.1, 0.15) is 33.6 Å². The van der Waals surface area contributed by atoms with Gasteiger partial charge in [-0.1, -0.05) is 20.8 Å². The molecule has 1 unspecified atom stereocenters. The van der Waals surface area contributed by atoms with Gasteiger partial charge in [0.2, 0.25) is 6.41 Å². The number of hydrogen-bond donors (Lipinski definition) is 1. The van der Waals surface area contributed by atoms with Crippen LogP contribution in [0.2, 0.25) is 0 Å². The molecule has 138 valence electrons. The van der Waals surface area contributed by atoms with Crippen LogP contribution in [0.5, 0.6) is 0 Å². The Labute approximate surface area is 141 Å². The predicted molar refractivity (Wildman–Crippen MR) is 90.6 cm³/mol. The van der Waals surface area contributed by atoms with Gasteiger partial charge in [0, 0.05) is 20.3 Å². The molecule has 0 heterocycles. The second-order valence-electron chi connectivity index (χ2n) is 6.59. The van der Waals surface area contributed by atoms with E-state index in [1.54, 1.807) is 7.11 Å². The molecule has 6 nitrogen and oxygen atoms in total. The molecule has 1 atom stereocenters. The maximum atomic E-state index is 10.3. The van der Waals surface area contributed by atoms with E-state index in [0.717, 1.165) is 32.4 Å². The molecule has 0 aromatic carbocycles. The molecule has 6 heteroatoms. The highest BCUT2D eigenvalue weighted by Crippen LogP contribution is 2.28. The first-order valence-corrected chi connectivity index (χ1v) is 8.41. The Hall–Kier alpha value is -0.690. The molecule has 0 aromatic rings. The first-order chi connectivity index (χ1) is 11.0. The molecule has 0 aromatic heterocycles. The Balaban J connectivity index is 3.45. The van der Waals surface area contributed by atoms with Crippen LogP contribution in [0.25, 0.3) is 0 Å². The summed E-state index contributed by atoms with van der Waals surface area (Å²) in [4.78, 5) is 10.3. The van der Waals surface area contributed by atoms with E-state index in [9.17, 15) is 4.79 Å². The van der Waals surface area contributed by atoms with E-state index in [1.807, 2.05) is 0 Å². The maximum absolute atomic E-state index is 10.3. The predicted octanol–water partition coefficient (Wildman–Crippen LogP) is 1.87. The van der Waals surface area contributed by atoms with Gasteiger partial charge in [0.15, 0.2) is 0 Å². The fourth-order valence-electron chi connectivity index (χ4n) is 2.44. The van der Waals surface area contributed by atoms with Gasteiger partial charge in [0.05, 0.1) is 39.6 Å². The van der Waals surface area contributed by atoms with Crippen LogP contribution < -0.4 is 5.32 Å². The zero-order valence-corrected chi connectivity index (χ0v) is 15.3. The number of amides is 1. The van der Waals surface area contributed by atoms with Crippen molar-refractivity contribution in [2.24, 2.45) is 11.3 Å². The molecule has 0 spiro atoms. The summed E-state index contributed by atoms with van der Waals surface area (Å²) in [5, 5.41) is 2.72. The van der Waals surface area contributed by atoms with Crippen molar-refractivity contribution >= 4 is 6.41 Å². The van der Waals surface area contributed by atoms with E-state index in [2.05, 4.69) is 26.1 Å². The second-order valence-corrected chi connectivity index (χ2v) is 6.59. The number of methoxy groups -OCH3 is 1. The fraction of sp³-hybridized carbons (Fsp3) is 0.941. The molecule has 0 saturated carbocycles. The average molecular weight is 333 g/mol. The third-order valence-corrected chi connectivity index (χ3v) is 3.51. The normalized spacial score (nSPS) is 13.0. The summed E-state index contributed by atoms with van der Waals surface area (Å²) in [6.07, 6.45) is 2.80. The van der Waals surface area contributed by atoms with Crippen LogP contribution in [0, 0.1) is 11.3 Å². The van der Waals surface area contributed by atoms with E-state index < -0.39 is 0 Å². The molecule has 0 saturated heterocycles. The summed E-state index contributed by atoms with van der Waals surface area (Å²) in [5.41, 5.74) is 0.203. The minimum absolute atomic E-state index is 0.203. The zero-order valence-electron chi connectivity index (χ0n) is 15.3. The van der Waals surface area contributed by atoms with E-state index in [1.165, 1.54) is 0 Å². The lowest BCUT2D eigenvalue weighted by Crippen LogP contribution is -2.24. The summed E-state index contributed by atoms with van der Waals surface area (Å²) in [6, 6.07) is 0. The maximum Gasteiger partial charge on any atom is 0.207 e. The molecule has 1 amide bonds. The molecule has 1 N–H and O–H groups in total. The SMILES string of the molecule is COCCOCCOCCOCC(C)CC(C)(C)CCNC=O. The Kier molecular flexibility index (Phi) is 14.4. The Morgan fingerprint density at radius 1 is 1.00 bits per heavy atom. The highest BCUT2D eigenvalue weighted by atomic mass is 16.6. The number of hydrogen-bond acceptors (Lipinski definition) is 5. The topological polar surface area (TPSA) is 66.0 Å². The number of carbonyl (C=O) groups is 1. The quantitative estimate of drug-likeness (QED) is 0.325. The van der Waals surface area contributed by atoms with Gasteiger partial charge in [-0.05, 0) is 24.2 Å². The standard InChI is InChI=1S/C17H35NO5/c1-16(13-17(2,3)5-6-18-15-19)14-23-12-11-22-10-9-21-8-7-20-4/h15-16H,5-14H2,1-4H3,(H,18,19). The van der Waals surface area contributed by atoms with Crippen molar-refractivity contribution in [2.75, 3.05) is 59.9 Å². The summed E-state index contributed by atoms with van der Waals surface area (Å²) >= 11 is 0. The molecule has 0 radical (unpaired) electrons. The first kappa shape index (κ1) is 22.3. The van der Waals surface area contributed by atoms with Crippen molar-refractivity contribution in [2.45, 2.75) is 33.6 Å². The van der Waals surface area contributed by atoms with Gasteiger partial charge < -0.3 is 24.3 Å². The van der Waals surface area contributed by atoms with Crippen molar-refractivity contribution in [1.29, 1.82) is 0 Å². The van der Waals surface area contributed by atoms with Crippen LogP contribution in [0.15, 0.2) is 0 Å². The van der Waals surface area contributed by atoms with Crippen LogP contribution >= 0.6 is 0 Å². The first-order valence-electron chi connectivity index (χ1n) is 8.41. The van der Waals surface area contributed by atoms with Gasteiger partial charge >= 0.3 is 0 Å². The van der Waals surface area contributed by atoms with Gasteiger partial charge in [0.1, 0.15) is 0 Å². The number of carbonyl (C=O) groups excluding carboxylic acids is 1. The van der Waals surface area contributed by atoms with Gasteiger partial charge in [-0.3, -0.25) is 4.79 Å². The molecule has 0 bridgehead atoms. The lowest BCUT2D eigenvalue weighted by atomic mass is 9.81. The summed E-state index contributed by atoms with van der Waals surface area (Å²) in [7, 11) is 1.65. The third-order valence-electron chi connectivity index (χ3n) is 3.51. The number of ether oxygens (including phenoxy) is 4. The monoisotopic (exact) mass is 333 g/mol. The molecular formula is C17H35NO5. The molecule has 0 rings (SSSR count). The van der Waals surface area contributed by atoms with Crippen molar-refractivity contribution < 1.29 is 23.7 Å². The fourth-order valence-corrected chi connectivity index (χ4v) is 2.44. The summed E-state index contributed by atoms with van der Waals surface area (Å²) < 4.78 is 21.3. The molecule has 23 heavy (non-hydrogen) atoms.